The van der Waals surface area contributed by atoms with Gasteiger partial charge in [-0.3, -0.25) is 9.48 Å². The molecule has 0 radical (unpaired) electrons. The number of amides is 1. The monoisotopic (exact) mass is 441 g/mol. The Bertz CT molecular complexity index is 1260. The minimum atomic E-state index is -0.435. The van der Waals surface area contributed by atoms with Crippen LogP contribution in [-0.4, -0.2) is 35.9 Å². The fourth-order valence-corrected chi connectivity index (χ4v) is 3.43. The number of hydrogen-bond acceptors (Lipinski definition) is 5. The van der Waals surface area contributed by atoms with Crippen molar-refractivity contribution >= 4 is 17.6 Å². The molecule has 1 N–H and O–H groups in total. The molecular formula is C26H23N3O4. The lowest BCUT2D eigenvalue weighted by atomic mass is 10.1. The summed E-state index contributed by atoms with van der Waals surface area (Å²) in [5.74, 6) is -0.0665. The maximum atomic E-state index is 13.2. The molecule has 7 heteroatoms. The van der Waals surface area contributed by atoms with Gasteiger partial charge in [0.05, 0.1) is 31.9 Å². The van der Waals surface area contributed by atoms with Gasteiger partial charge >= 0.3 is 5.97 Å². The summed E-state index contributed by atoms with van der Waals surface area (Å²) in [6, 6.07) is 23.9. The van der Waals surface area contributed by atoms with Gasteiger partial charge in [0, 0.05) is 17.4 Å². The largest absolute Gasteiger partial charge is 0.497 e. The molecule has 4 aromatic rings. The van der Waals surface area contributed by atoms with Gasteiger partial charge in [0.25, 0.3) is 5.91 Å². The van der Waals surface area contributed by atoms with Crippen LogP contribution in [0.3, 0.4) is 0 Å². The molecule has 33 heavy (non-hydrogen) atoms. The molecule has 0 atom stereocenters. The van der Waals surface area contributed by atoms with Crippen molar-refractivity contribution in [3.05, 3.63) is 102 Å². The van der Waals surface area contributed by atoms with Gasteiger partial charge in [0.1, 0.15) is 11.4 Å². The van der Waals surface area contributed by atoms with Crippen LogP contribution in [0.15, 0.2) is 85.1 Å². The zero-order valence-electron chi connectivity index (χ0n) is 18.3. The Kier molecular flexibility index (Phi) is 6.50. The second-order valence-electron chi connectivity index (χ2n) is 7.33. The van der Waals surface area contributed by atoms with Gasteiger partial charge in [-0.2, -0.15) is 5.10 Å². The Morgan fingerprint density at radius 1 is 0.939 bits per heavy atom. The summed E-state index contributed by atoms with van der Waals surface area (Å²) in [7, 11) is 2.92. The molecule has 3 aromatic carbocycles. The lowest BCUT2D eigenvalue weighted by Gasteiger charge is -2.07. The van der Waals surface area contributed by atoms with E-state index in [0.717, 1.165) is 11.1 Å². The number of methoxy groups -OCH3 is 2. The minimum Gasteiger partial charge on any atom is -0.497 e. The second-order valence-corrected chi connectivity index (χ2v) is 7.33. The number of nitrogens with zero attached hydrogens (tertiary/aromatic N) is 2. The molecule has 0 fully saturated rings. The fourth-order valence-electron chi connectivity index (χ4n) is 3.43. The summed E-state index contributed by atoms with van der Waals surface area (Å²) in [6.07, 6.45) is 1.74. The van der Waals surface area contributed by atoms with Gasteiger partial charge in [-0.15, -0.1) is 0 Å². The smallest absolute Gasteiger partial charge is 0.337 e. The predicted molar refractivity (Wildman–Crippen MR) is 125 cm³/mol. The Morgan fingerprint density at radius 3 is 2.39 bits per heavy atom. The Labute approximate surface area is 191 Å². The zero-order chi connectivity index (χ0) is 23.2. The molecule has 0 aliphatic heterocycles. The van der Waals surface area contributed by atoms with Gasteiger partial charge in [-0.05, 0) is 42.0 Å². The number of carbonyl (C=O) groups is 2. The minimum absolute atomic E-state index is 0.307. The summed E-state index contributed by atoms with van der Waals surface area (Å²) in [5.41, 5.74) is 3.78. The molecule has 0 saturated heterocycles. The van der Waals surface area contributed by atoms with Crippen LogP contribution in [-0.2, 0) is 11.3 Å². The number of esters is 1. The summed E-state index contributed by atoms with van der Waals surface area (Å²) in [4.78, 5) is 24.9. The number of aromatic nitrogens is 2. The molecule has 1 amide bonds. The predicted octanol–water partition coefficient (Wildman–Crippen LogP) is 4.65. The van der Waals surface area contributed by atoms with E-state index in [9.17, 15) is 9.59 Å². The highest BCUT2D eigenvalue weighted by atomic mass is 16.5. The van der Waals surface area contributed by atoms with E-state index in [0.29, 0.717) is 34.8 Å². The van der Waals surface area contributed by atoms with E-state index in [2.05, 4.69) is 5.32 Å². The van der Waals surface area contributed by atoms with E-state index in [1.807, 2.05) is 54.6 Å². The topological polar surface area (TPSA) is 82.5 Å². The summed E-state index contributed by atoms with van der Waals surface area (Å²) >= 11 is 0. The van der Waals surface area contributed by atoms with Crippen LogP contribution in [0.4, 0.5) is 5.69 Å². The lowest BCUT2D eigenvalue weighted by Crippen LogP contribution is -2.12. The second kappa shape index (κ2) is 9.82. The summed E-state index contributed by atoms with van der Waals surface area (Å²) in [6.45, 7) is 0.527. The Hall–Kier alpha value is -4.39. The SMILES string of the molecule is COC(=O)c1ccc(NC(=O)c2cn(Cc3ccccc3)nc2-c2cccc(OC)c2)cc1. The van der Waals surface area contributed by atoms with Crippen LogP contribution >= 0.6 is 0 Å². The number of benzene rings is 3. The average Bonchev–Trinajstić information content (AvgIpc) is 3.28. The van der Waals surface area contributed by atoms with Crippen molar-refractivity contribution in [3.63, 3.8) is 0 Å². The van der Waals surface area contributed by atoms with Crippen molar-refractivity contribution in [2.45, 2.75) is 6.54 Å². The van der Waals surface area contributed by atoms with Crippen LogP contribution in [0.2, 0.25) is 0 Å². The third-order valence-electron chi connectivity index (χ3n) is 5.10. The van der Waals surface area contributed by atoms with Gasteiger partial charge in [0.2, 0.25) is 0 Å². The van der Waals surface area contributed by atoms with Crippen molar-refractivity contribution in [2.75, 3.05) is 19.5 Å². The number of rotatable bonds is 7. The number of carbonyl (C=O) groups excluding carboxylic acids is 2. The first kappa shape index (κ1) is 21.8. The van der Waals surface area contributed by atoms with Gasteiger partial charge < -0.3 is 14.8 Å². The Morgan fingerprint density at radius 2 is 1.70 bits per heavy atom. The van der Waals surface area contributed by atoms with Crippen molar-refractivity contribution < 1.29 is 19.1 Å². The first-order valence-corrected chi connectivity index (χ1v) is 10.3. The third kappa shape index (κ3) is 5.10. The number of hydrogen-bond donors (Lipinski definition) is 1. The number of anilines is 1. The van der Waals surface area contributed by atoms with Crippen molar-refractivity contribution in [1.82, 2.24) is 9.78 Å². The highest BCUT2D eigenvalue weighted by Gasteiger charge is 2.19. The molecule has 1 heterocycles. The van der Waals surface area contributed by atoms with E-state index in [1.165, 1.54) is 7.11 Å². The van der Waals surface area contributed by atoms with Crippen LogP contribution in [0.1, 0.15) is 26.3 Å². The maximum absolute atomic E-state index is 13.2. The van der Waals surface area contributed by atoms with Gasteiger partial charge in [-0.1, -0.05) is 42.5 Å². The summed E-state index contributed by atoms with van der Waals surface area (Å²) in [5, 5.41) is 7.58. The van der Waals surface area contributed by atoms with Crippen LogP contribution < -0.4 is 10.1 Å². The number of nitrogens with one attached hydrogen (secondary N) is 1. The van der Waals surface area contributed by atoms with Crippen molar-refractivity contribution in [3.8, 4) is 17.0 Å². The normalized spacial score (nSPS) is 10.5. The lowest BCUT2D eigenvalue weighted by molar-refractivity contribution is 0.0600. The van der Waals surface area contributed by atoms with Crippen molar-refractivity contribution in [1.29, 1.82) is 0 Å². The van der Waals surface area contributed by atoms with E-state index < -0.39 is 5.97 Å². The van der Waals surface area contributed by atoms with E-state index >= 15 is 0 Å². The molecule has 7 nitrogen and oxygen atoms in total. The fraction of sp³-hybridized carbons (Fsp3) is 0.115. The van der Waals surface area contributed by atoms with Crippen LogP contribution in [0.25, 0.3) is 11.3 Å². The highest BCUT2D eigenvalue weighted by Crippen LogP contribution is 2.27. The van der Waals surface area contributed by atoms with Crippen LogP contribution in [0, 0.1) is 0 Å². The molecule has 0 unspecified atom stereocenters. The summed E-state index contributed by atoms with van der Waals surface area (Å²) < 4.78 is 11.8. The van der Waals surface area contributed by atoms with E-state index in [1.54, 1.807) is 42.3 Å². The quantitative estimate of drug-likeness (QED) is 0.422. The van der Waals surface area contributed by atoms with Gasteiger partial charge in [-0.25, -0.2) is 4.79 Å². The first-order valence-electron chi connectivity index (χ1n) is 10.3. The molecular weight excluding hydrogens is 418 g/mol. The third-order valence-corrected chi connectivity index (χ3v) is 5.10. The molecule has 4 rings (SSSR count). The molecule has 0 bridgehead atoms. The molecule has 0 aliphatic rings. The molecule has 166 valence electrons. The average molecular weight is 441 g/mol. The maximum Gasteiger partial charge on any atom is 0.337 e. The highest BCUT2D eigenvalue weighted by molar-refractivity contribution is 6.08. The Balaban J connectivity index is 1.65. The first-order chi connectivity index (χ1) is 16.1. The molecule has 0 aliphatic carbocycles. The molecule has 1 aromatic heterocycles. The van der Waals surface area contributed by atoms with Gasteiger partial charge in [0.15, 0.2) is 0 Å². The molecule has 0 saturated carbocycles. The molecule has 0 spiro atoms. The van der Waals surface area contributed by atoms with Crippen LogP contribution in [0.5, 0.6) is 5.75 Å². The van der Waals surface area contributed by atoms with E-state index in [-0.39, 0.29) is 5.91 Å². The zero-order valence-corrected chi connectivity index (χ0v) is 18.3. The van der Waals surface area contributed by atoms with Crippen molar-refractivity contribution in [2.24, 2.45) is 0 Å². The number of ether oxygens (including phenoxy) is 2. The van der Waals surface area contributed by atoms with E-state index in [4.69, 9.17) is 14.6 Å². The standard InChI is InChI=1S/C26H23N3O4/c1-32-22-10-6-9-20(15-22)24-23(17-29(28-24)16-18-7-4-3-5-8-18)25(30)27-21-13-11-19(12-14-21)26(31)33-2/h3-15,17H,16H2,1-2H3,(H,27,30).